The predicted molar refractivity (Wildman–Crippen MR) is 117 cm³/mol. The molecule has 0 atom stereocenters. The average Bonchev–Trinajstić information content (AvgIpc) is 2.72. The molecule has 1 heterocycles. The summed E-state index contributed by atoms with van der Waals surface area (Å²) in [6.45, 7) is 2.59. The molecule has 6 nitrogen and oxygen atoms in total. The minimum atomic E-state index is -0.426. The number of hydrogen-bond acceptors (Lipinski definition) is 4. The molecule has 0 aromatic heterocycles. The first-order valence-electron chi connectivity index (χ1n) is 10.0. The fourth-order valence-corrected chi connectivity index (χ4v) is 3.96. The third-order valence-electron chi connectivity index (χ3n) is 5.06. The van der Waals surface area contributed by atoms with E-state index in [1.165, 1.54) is 6.92 Å². The Morgan fingerprint density at radius 3 is 2.53 bits per heavy atom. The molecule has 1 aliphatic heterocycles. The van der Waals surface area contributed by atoms with E-state index in [4.69, 9.17) is 4.74 Å². The van der Waals surface area contributed by atoms with E-state index in [0.717, 1.165) is 22.9 Å². The van der Waals surface area contributed by atoms with Crippen LogP contribution in [0.3, 0.4) is 0 Å². The number of carbonyl (C=O) groups is 3. The van der Waals surface area contributed by atoms with Gasteiger partial charge in [-0.05, 0) is 55.2 Å². The van der Waals surface area contributed by atoms with Crippen molar-refractivity contribution in [1.29, 1.82) is 0 Å². The van der Waals surface area contributed by atoms with E-state index in [-0.39, 0.29) is 17.9 Å². The SMILES string of the molecule is CC(=O)Oc1cccc(C(=O)NC2CCN(C(=O)CCc3cccc(Br)c3)CC2)c1. The fourth-order valence-electron chi connectivity index (χ4n) is 3.51. The monoisotopic (exact) mass is 472 g/mol. The van der Waals surface area contributed by atoms with Gasteiger partial charge in [0, 0.05) is 42.5 Å². The minimum Gasteiger partial charge on any atom is -0.427 e. The molecule has 0 aliphatic carbocycles. The quantitative estimate of drug-likeness (QED) is 0.513. The number of amides is 2. The van der Waals surface area contributed by atoms with Crippen molar-refractivity contribution in [3.8, 4) is 5.75 Å². The molecule has 0 bridgehead atoms. The van der Waals surface area contributed by atoms with Crippen molar-refractivity contribution >= 4 is 33.7 Å². The number of piperidine rings is 1. The largest absolute Gasteiger partial charge is 0.427 e. The zero-order valence-electron chi connectivity index (χ0n) is 16.9. The Kier molecular flexibility index (Phi) is 7.63. The first-order chi connectivity index (χ1) is 14.4. The van der Waals surface area contributed by atoms with Crippen molar-refractivity contribution in [2.24, 2.45) is 0 Å². The van der Waals surface area contributed by atoms with E-state index < -0.39 is 5.97 Å². The number of rotatable bonds is 6. The summed E-state index contributed by atoms with van der Waals surface area (Å²) in [5, 5.41) is 3.02. The van der Waals surface area contributed by atoms with Gasteiger partial charge in [0.25, 0.3) is 5.91 Å². The van der Waals surface area contributed by atoms with Crippen LogP contribution in [0.25, 0.3) is 0 Å². The Balaban J connectivity index is 1.45. The highest BCUT2D eigenvalue weighted by Crippen LogP contribution is 2.17. The van der Waals surface area contributed by atoms with Gasteiger partial charge in [-0.2, -0.15) is 0 Å². The molecule has 2 aromatic carbocycles. The second-order valence-electron chi connectivity index (χ2n) is 7.38. The fraction of sp³-hybridized carbons (Fsp3) is 0.348. The number of halogens is 1. The maximum atomic E-state index is 12.5. The van der Waals surface area contributed by atoms with Crippen molar-refractivity contribution in [1.82, 2.24) is 10.2 Å². The number of carbonyl (C=O) groups excluding carboxylic acids is 3. The molecule has 0 spiro atoms. The zero-order valence-corrected chi connectivity index (χ0v) is 18.5. The third kappa shape index (κ3) is 6.42. The summed E-state index contributed by atoms with van der Waals surface area (Å²) in [6, 6.07) is 14.6. The van der Waals surface area contributed by atoms with E-state index in [1.54, 1.807) is 24.3 Å². The highest BCUT2D eigenvalue weighted by molar-refractivity contribution is 9.10. The number of benzene rings is 2. The van der Waals surface area contributed by atoms with E-state index in [2.05, 4.69) is 21.2 Å². The van der Waals surface area contributed by atoms with Crippen LogP contribution in [0, 0.1) is 0 Å². The zero-order chi connectivity index (χ0) is 21.5. The topological polar surface area (TPSA) is 75.7 Å². The number of hydrogen-bond donors (Lipinski definition) is 1. The molecule has 2 aromatic rings. The molecule has 1 saturated heterocycles. The lowest BCUT2D eigenvalue weighted by Crippen LogP contribution is -2.46. The molecule has 158 valence electrons. The summed E-state index contributed by atoms with van der Waals surface area (Å²) >= 11 is 3.45. The predicted octanol–water partition coefficient (Wildman–Crippen LogP) is 3.73. The Morgan fingerprint density at radius 2 is 1.83 bits per heavy atom. The van der Waals surface area contributed by atoms with Crippen LogP contribution in [-0.2, 0) is 16.0 Å². The van der Waals surface area contributed by atoms with Crippen molar-refractivity contribution in [2.45, 2.75) is 38.6 Å². The Labute approximate surface area is 184 Å². The number of nitrogens with one attached hydrogen (secondary N) is 1. The maximum Gasteiger partial charge on any atom is 0.308 e. The Bertz CT molecular complexity index is 923. The maximum absolute atomic E-state index is 12.5. The summed E-state index contributed by atoms with van der Waals surface area (Å²) in [4.78, 5) is 38.0. The van der Waals surface area contributed by atoms with Gasteiger partial charge in [0.2, 0.25) is 5.91 Å². The normalized spacial score (nSPS) is 14.3. The summed E-state index contributed by atoms with van der Waals surface area (Å²) in [5.74, 6) is -0.136. The van der Waals surface area contributed by atoms with Crippen molar-refractivity contribution in [2.75, 3.05) is 13.1 Å². The van der Waals surface area contributed by atoms with E-state index in [0.29, 0.717) is 37.2 Å². The number of aryl methyl sites for hydroxylation is 1. The molecule has 0 saturated carbocycles. The van der Waals surface area contributed by atoms with Gasteiger partial charge in [0.1, 0.15) is 5.75 Å². The van der Waals surface area contributed by atoms with Crippen LogP contribution in [0.1, 0.15) is 42.1 Å². The molecule has 1 N–H and O–H groups in total. The number of ether oxygens (including phenoxy) is 1. The number of likely N-dealkylation sites (tertiary alicyclic amines) is 1. The summed E-state index contributed by atoms with van der Waals surface area (Å²) in [6.07, 6.45) is 2.64. The standard InChI is InChI=1S/C23H25BrN2O4/c1-16(27)30-21-7-3-5-18(15-21)23(29)25-20-10-12-26(13-11-20)22(28)9-8-17-4-2-6-19(24)14-17/h2-7,14-15,20H,8-13H2,1H3,(H,25,29). The van der Waals surface area contributed by atoms with Crippen LogP contribution in [0.4, 0.5) is 0 Å². The van der Waals surface area contributed by atoms with Crippen LogP contribution in [-0.4, -0.2) is 41.8 Å². The van der Waals surface area contributed by atoms with Gasteiger partial charge in [0.05, 0.1) is 0 Å². The van der Waals surface area contributed by atoms with E-state index in [1.807, 2.05) is 29.2 Å². The van der Waals surface area contributed by atoms with Gasteiger partial charge < -0.3 is 15.0 Å². The molecule has 0 radical (unpaired) electrons. The van der Waals surface area contributed by atoms with Gasteiger partial charge in [-0.15, -0.1) is 0 Å². The van der Waals surface area contributed by atoms with Crippen molar-refractivity contribution < 1.29 is 19.1 Å². The molecular formula is C23H25BrN2O4. The third-order valence-corrected chi connectivity index (χ3v) is 5.55. The van der Waals surface area contributed by atoms with Gasteiger partial charge in [0.15, 0.2) is 0 Å². The molecule has 2 amide bonds. The van der Waals surface area contributed by atoms with Crippen LogP contribution in [0.15, 0.2) is 53.0 Å². The first-order valence-corrected chi connectivity index (χ1v) is 10.8. The molecule has 30 heavy (non-hydrogen) atoms. The highest BCUT2D eigenvalue weighted by atomic mass is 79.9. The summed E-state index contributed by atoms with van der Waals surface area (Å²) in [7, 11) is 0. The number of nitrogens with zero attached hydrogens (tertiary/aromatic N) is 1. The van der Waals surface area contributed by atoms with Crippen LogP contribution >= 0.6 is 15.9 Å². The minimum absolute atomic E-state index is 0.0176. The second kappa shape index (κ2) is 10.4. The van der Waals surface area contributed by atoms with Gasteiger partial charge >= 0.3 is 5.97 Å². The van der Waals surface area contributed by atoms with E-state index >= 15 is 0 Å². The molecule has 7 heteroatoms. The Morgan fingerprint density at radius 1 is 1.10 bits per heavy atom. The van der Waals surface area contributed by atoms with Gasteiger partial charge in [-0.25, -0.2) is 0 Å². The average molecular weight is 473 g/mol. The first kappa shape index (κ1) is 22.0. The van der Waals surface area contributed by atoms with Crippen LogP contribution in [0.5, 0.6) is 5.75 Å². The molecule has 3 rings (SSSR count). The number of esters is 1. The molecule has 1 aliphatic rings. The lowest BCUT2D eigenvalue weighted by Gasteiger charge is -2.32. The van der Waals surface area contributed by atoms with Crippen LogP contribution in [0.2, 0.25) is 0 Å². The molecular weight excluding hydrogens is 448 g/mol. The molecule has 0 unspecified atom stereocenters. The molecule has 1 fully saturated rings. The lowest BCUT2D eigenvalue weighted by molar-refractivity contribution is -0.133. The Hall–Kier alpha value is -2.67. The highest BCUT2D eigenvalue weighted by Gasteiger charge is 2.24. The summed E-state index contributed by atoms with van der Waals surface area (Å²) < 4.78 is 6.05. The second-order valence-corrected chi connectivity index (χ2v) is 8.30. The van der Waals surface area contributed by atoms with Gasteiger partial charge in [-0.3, -0.25) is 14.4 Å². The smallest absolute Gasteiger partial charge is 0.308 e. The van der Waals surface area contributed by atoms with Gasteiger partial charge in [-0.1, -0.05) is 34.1 Å². The van der Waals surface area contributed by atoms with Crippen LogP contribution < -0.4 is 10.1 Å². The van der Waals surface area contributed by atoms with E-state index in [9.17, 15) is 14.4 Å². The van der Waals surface area contributed by atoms with Crippen molar-refractivity contribution in [3.63, 3.8) is 0 Å². The van der Waals surface area contributed by atoms with Crippen molar-refractivity contribution in [3.05, 3.63) is 64.1 Å². The summed E-state index contributed by atoms with van der Waals surface area (Å²) in [5.41, 5.74) is 1.58. The lowest BCUT2D eigenvalue weighted by atomic mass is 10.0.